The van der Waals surface area contributed by atoms with Gasteiger partial charge in [0.05, 0.1) is 10.4 Å². The number of hydrogen-bond donors (Lipinski definition) is 3. The van der Waals surface area contributed by atoms with Crippen molar-refractivity contribution < 1.29 is 13.2 Å². The Hall–Kier alpha value is -1.44. The van der Waals surface area contributed by atoms with Crippen molar-refractivity contribution >= 4 is 21.6 Å². The molecule has 1 aromatic carbocycles. The first kappa shape index (κ1) is 15.9. The first-order valence-corrected chi connectivity index (χ1v) is 8.44. The van der Waals surface area contributed by atoms with Gasteiger partial charge in [-0.05, 0) is 57.4 Å². The number of benzene rings is 1. The van der Waals surface area contributed by atoms with Gasteiger partial charge in [0.25, 0.3) is 0 Å². The van der Waals surface area contributed by atoms with Crippen LogP contribution >= 0.6 is 0 Å². The number of sulfonamides is 1. The van der Waals surface area contributed by atoms with Crippen molar-refractivity contribution in [1.82, 2.24) is 4.72 Å². The molecule has 116 valence electrons. The largest absolute Gasteiger partial charge is 0.324 e. The van der Waals surface area contributed by atoms with Crippen LogP contribution in [0.15, 0.2) is 29.2 Å². The molecule has 2 rings (SSSR count). The van der Waals surface area contributed by atoms with Crippen LogP contribution in [0.4, 0.5) is 5.69 Å². The van der Waals surface area contributed by atoms with E-state index in [0.717, 1.165) is 6.42 Å². The molecule has 1 saturated carbocycles. The molecular formula is C14H21N3O3S. The van der Waals surface area contributed by atoms with Crippen molar-refractivity contribution in [2.45, 2.75) is 49.6 Å². The van der Waals surface area contributed by atoms with Gasteiger partial charge in [0, 0.05) is 11.7 Å². The summed E-state index contributed by atoms with van der Waals surface area (Å²) in [4.78, 5) is 12.1. The summed E-state index contributed by atoms with van der Waals surface area (Å²) in [5, 5.41) is 2.72. The van der Waals surface area contributed by atoms with Gasteiger partial charge >= 0.3 is 0 Å². The summed E-state index contributed by atoms with van der Waals surface area (Å²) in [6, 6.07) is 5.88. The molecule has 1 amide bonds. The van der Waals surface area contributed by atoms with Crippen molar-refractivity contribution in [3.05, 3.63) is 24.3 Å². The highest BCUT2D eigenvalue weighted by Crippen LogP contribution is 2.30. The molecular weight excluding hydrogens is 290 g/mol. The van der Waals surface area contributed by atoms with Crippen LogP contribution in [-0.2, 0) is 14.8 Å². The number of carbonyl (C=O) groups is 1. The fraction of sp³-hybridized carbons (Fsp3) is 0.500. The van der Waals surface area contributed by atoms with Crippen LogP contribution in [-0.4, -0.2) is 25.9 Å². The molecule has 1 aliphatic rings. The van der Waals surface area contributed by atoms with Crippen LogP contribution in [0.3, 0.4) is 0 Å². The van der Waals surface area contributed by atoms with Crippen LogP contribution in [0.1, 0.15) is 33.1 Å². The number of anilines is 1. The second-order valence-corrected chi connectivity index (χ2v) is 7.48. The molecule has 0 aliphatic heterocycles. The maximum absolute atomic E-state index is 12.0. The predicted octanol–water partition coefficient (Wildman–Crippen LogP) is 1.19. The Morgan fingerprint density at radius 2 is 1.81 bits per heavy atom. The number of hydrogen-bond acceptors (Lipinski definition) is 4. The average molecular weight is 311 g/mol. The number of nitrogens with one attached hydrogen (secondary N) is 2. The first-order chi connectivity index (χ1) is 9.73. The number of nitrogens with two attached hydrogens (primary N) is 1. The zero-order valence-corrected chi connectivity index (χ0v) is 13.0. The predicted molar refractivity (Wildman–Crippen MR) is 81.3 cm³/mol. The molecule has 0 aromatic heterocycles. The van der Waals surface area contributed by atoms with Crippen molar-refractivity contribution in [3.63, 3.8) is 0 Å². The Kier molecular flexibility index (Phi) is 4.36. The average Bonchev–Trinajstić information content (AvgIpc) is 2.35. The van der Waals surface area contributed by atoms with Gasteiger partial charge in [-0.15, -0.1) is 0 Å². The minimum atomic E-state index is -3.51. The molecule has 1 aromatic rings. The standard InChI is InChI=1S/C14H21N3O3S/c1-10(2)17-21(19,20)12-6-4-11(5-7-12)16-13(18)14(15)8-3-9-14/h4-7,10,17H,3,8-9,15H2,1-2H3,(H,16,18). The Morgan fingerprint density at radius 1 is 1.24 bits per heavy atom. The van der Waals surface area contributed by atoms with Crippen molar-refractivity contribution in [2.75, 3.05) is 5.32 Å². The number of rotatable bonds is 5. The van der Waals surface area contributed by atoms with E-state index >= 15 is 0 Å². The molecule has 0 spiro atoms. The van der Waals surface area contributed by atoms with E-state index in [9.17, 15) is 13.2 Å². The SMILES string of the molecule is CC(C)NS(=O)(=O)c1ccc(NC(=O)C2(N)CCC2)cc1. The summed E-state index contributed by atoms with van der Waals surface area (Å²) in [5.74, 6) is -0.218. The van der Waals surface area contributed by atoms with E-state index in [-0.39, 0.29) is 16.8 Å². The van der Waals surface area contributed by atoms with E-state index in [1.54, 1.807) is 26.0 Å². The Bertz CT molecular complexity index is 619. The molecule has 1 aliphatic carbocycles. The molecule has 0 unspecified atom stereocenters. The fourth-order valence-corrected chi connectivity index (χ4v) is 3.39. The van der Waals surface area contributed by atoms with Gasteiger partial charge in [0.1, 0.15) is 0 Å². The first-order valence-electron chi connectivity index (χ1n) is 6.96. The highest BCUT2D eigenvalue weighted by Gasteiger charge is 2.40. The molecule has 7 heteroatoms. The van der Waals surface area contributed by atoms with Gasteiger partial charge in [0.15, 0.2) is 0 Å². The highest BCUT2D eigenvalue weighted by atomic mass is 32.2. The van der Waals surface area contributed by atoms with Gasteiger partial charge in [0.2, 0.25) is 15.9 Å². The third kappa shape index (κ3) is 3.61. The lowest BCUT2D eigenvalue weighted by molar-refractivity contribution is -0.123. The minimum absolute atomic E-state index is 0.167. The Labute approximate surface area is 125 Å². The smallest absolute Gasteiger partial charge is 0.244 e. The quantitative estimate of drug-likeness (QED) is 0.760. The third-order valence-electron chi connectivity index (χ3n) is 3.51. The van der Waals surface area contributed by atoms with Gasteiger partial charge in [-0.3, -0.25) is 4.79 Å². The zero-order valence-electron chi connectivity index (χ0n) is 12.2. The number of carbonyl (C=O) groups excluding carboxylic acids is 1. The van der Waals surface area contributed by atoms with E-state index in [1.165, 1.54) is 12.1 Å². The van der Waals surface area contributed by atoms with Crippen molar-refractivity contribution in [3.8, 4) is 0 Å². The normalized spacial score (nSPS) is 17.3. The highest BCUT2D eigenvalue weighted by molar-refractivity contribution is 7.89. The molecule has 21 heavy (non-hydrogen) atoms. The van der Waals surface area contributed by atoms with E-state index in [2.05, 4.69) is 10.0 Å². The van der Waals surface area contributed by atoms with Crippen molar-refractivity contribution in [2.24, 2.45) is 5.73 Å². The van der Waals surface area contributed by atoms with Crippen LogP contribution < -0.4 is 15.8 Å². The second kappa shape index (κ2) is 5.75. The van der Waals surface area contributed by atoms with Gasteiger partial charge in [-0.25, -0.2) is 13.1 Å². The lowest BCUT2D eigenvalue weighted by Crippen LogP contribution is -2.56. The maximum Gasteiger partial charge on any atom is 0.244 e. The van der Waals surface area contributed by atoms with Crippen LogP contribution in [0.5, 0.6) is 0 Å². The topological polar surface area (TPSA) is 101 Å². The molecule has 1 fully saturated rings. The van der Waals surface area contributed by atoms with Gasteiger partial charge < -0.3 is 11.1 Å². The molecule has 0 saturated heterocycles. The van der Waals surface area contributed by atoms with Crippen LogP contribution in [0, 0.1) is 0 Å². The molecule has 4 N–H and O–H groups in total. The van der Waals surface area contributed by atoms with E-state index in [0.29, 0.717) is 18.5 Å². The lowest BCUT2D eigenvalue weighted by Gasteiger charge is -2.36. The molecule has 0 atom stereocenters. The summed E-state index contributed by atoms with van der Waals surface area (Å²) in [7, 11) is -3.51. The molecule has 6 nitrogen and oxygen atoms in total. The Balaban J connectivity index is 2.07. The summed E-state index contributed by atoms with van der Waals surface area (Å²) < 4.78 is 26.4. The third-order valence-corrected chi connectivity index (χ3v) is 5.19. The molecule has 0 heterocycles. The van der Waals surface area contributed by atoms with Gasteiger partial charge in [-0.2, -0.15) is 0 Å². The summed E-state index contributed by atoms with van der Waals surface area (Å²) in [6.45, 7) is 3.51. The van der Waals surface area contributed by atoms with Crippen molar-refractivity contribution in [1.29, 1.82) is 0 Å². The summed E-state index contributed by atoms with van der Waals surface area (Å²) >= 11 is 0. The fourth-order valence-electron chi connectivity index (χ4n) is 2.14. The maximum atomic E-state index is 12.0. The summed E-state index contributed by atoms with van der Waals surface area (Å²) in [6.07, 6.45) is 2.33. The lowest BCUT2D eigenvalue weighted by atomic mass is 9.77. The molecule has 0 bridgehead atoms. The van der Waals surface area contributed by atoms with E-state index in [1.807, 2.05) is 0 Å². The van der Waals surface area contributed by atoms with Crippen LogP contribution in [0.25, 0.3) is 0 Å². The minimum Gasteiger partial charge on any atom is -0.324 e. The second-order valence-electron chi connectivity index (χ2n) is 5.76. The molecule has 0 radical (unpaired) electrons. The Morgan fingerprint density at radius 3 is 2.24 bits per heavy atom. The van der Waals surface area contributed by atoms with Gasteiger partial charge in [-0.1, -0.05) is 0 Å². The summed E-state index contributed by atoms with van der Waals surface area (Å²) in [5.41, 5.74) is 5.70. The van der Waals surface area contributed by atoms with E-state index in [4.69, 9.17) is 5.73 Å². The van der Waals surface area contributed by atoms with Crippen LogP contribution in [0.2, 0.25) is 0 Å². The monoisotopic (exact) mass is 311 g/mol. The zero-order chi connectivity index (χ0) is 15.7. The number of amides is 1. The van der Waals surface area contributed by atoms with E-state index < -0.39 is 15.6 Å².